The fourth-order valence-electron chi connectivity index (χ4n) is 8.45. The maximum atomic E-state index is 12.4. The number of carbonyl (C=O) groups excluding carboxylic acids is 2. The van der Waals surface area contributed by atoms with Gasteiger partial charge in [-0.3, -0.25) is 9.59 Å². The third-order valence-corrected chi connectivity index (χ3v) is 12.7. The molecule has 0 bridgehead atoms. The largest absolute Gasteiger partial charge is 0.466 e. The number of aliphatic hydroxyl groups excluding tert-OH is 2. The van der Waals surface area contributed by atoms with Crippen LogP contribution in [-0.2, 0) is 14.3 Å². The molecule has 2 unspecified atom stereocenters. The second-order valence-corrected chi connectivity index (χ2v) is 18.9. The number of nitrogens with one attached hydrogen (secondary N) is 1. The van der Waals surface area contributed by atoms with Gasteiger partial charge in [0.25, 0.3) is 0 Å². The van der Waals surface area contributed by atoms with Crippen LogP contribution >= 0.6 is 0 Å². The second kappa shape index (κ2) is 52.0. The van der Waals surface area contributed by atoms with Gasteiger partial charge in [0.2, 0.25) is 5.91 Å². The number of unbranched alkanes of at least 4 members (excludes halogenated alkanes) is 38. The van der Waals surface area contributed by atoms with E-state index in [1.807, 2.05) is 6.08 Å². The van der Waals surface area contributed by atoms with E-state index in [2.05, 4.69) is 31.3 Å². The lowest BCUT2D eigenvalue weighted by Gasteiger charge is -2.20. The van der Waals surface area contributed by atoms with Crippen molar-refractivity contribution in [1.29, 1.82) is 0 Å². The maximum Gasteiger partial charge on any atom is 0.305 e. The van der Waals surface area contributed by atoms with Gasteiger partial charge in [-0.05, 0) is 57.8 Å². The minimum Gasteiger partial charge on any atom is -0.466 e. The molecular formula is C56H107NO5. The van der Waals surface area contributed by atoms with E-state index in [9.17, 15) is 19.8 Å². The zero-order valence-electron chi connectivity index (χ0n) is 41.6. The van der Waals surface area contributed by atoms with E-state index in [1.165, 1.54) is 212 Å². The van der Waals surface area contributed by atoms with E-state index in [-0.39, 0.29) is 18.5 Å². The molecule has 0 aromatic rings. The highest BCUT2D eigenvalue weighted by Crippen LogP contribution is 2.16. The van der Waals surface area contributed by atoms with Gasteiger partial charge in [0, 0.05) is 12.8 Å². The maximum absolute atomic E-state index is 12.4. The van der Waals surface area contributed by atoms with Crippen LogP contribution in [0, 0.1) is 0 Å². The second-order valence-electron chi connectivity index (χ2n) is 18.9. The Morgan fingerprint density at radius 2 is 0.758 bits per heavy atom. The van der Waals surface area contributed by atoms with E-state index in [0.29, 0.717) is 19.4 Å². The van der Waals surface area contributed by atoms with Gasteiger partial charge < -0.3 is 20.3 Å². The Morgan fingerprint density at radius 3 is 1.15 bits per heavy atom. The zero-order valence-corrected chi connectivity index (χ0v) is 41.6. The van der Waals surface area contributed by atoms with Gasteiger partial charge in [0.05, 0.1) is 25.4 Å². The van der Waals surface area contributed by atoms with Crippen molar-refractivity contribution in [2.75, 3.05) is 13.2 Å². The van der Waals surface area contributed by atoms with Crippen LogP contribution in [-0.4, -0.2) is 47.4 Å². The highest BCUT2D eigenvalue weighted by Gasteiger charge is 2.18. The Balaban J connectivity index is 3.49. The van der Waals surface area contributed by atoms with Crippen molar-refractivity contribution in [2.45, 2.75) is 309 Å². The number of amides is 1. The molecule has 0 fully saturated rings. The van der Waals surface area contributed by atoms with Gasteiger partial charge >= 0.3 is 5.97 Å². The summed E-state index contributed by atoms with van der Waals surface area (Å²) in [6.07, 6.45) is 61.8. The SMILES string of the molecule is CCCCCCCCC/C=C\CCCCCCCC(=O)OCCCCCCCCCCCCCCC(=O)NC(CO)C(O)/C=C/CCCCCCCCCCCCCCCCC. The lowest BCUT2D eigenvalue weighted by molar-refractivity contribution is -0.143. The van der Waals surface area contributed by atoms with Gasteiger partial charge in [-0.2, -0.15) is 0 Å². The van der Waals surface area contributed by atoms with Crippen molar-refractivity contribution in [3.05, 3.63) is 24.3 Å². The molecule has 0 saturated carbocycles. The number of hydrogen-bond donors (Lipinski definition) is 3. The Kier molecular flexibility index (Phi) is 50.6. The van der Waals surface area contributed by atoms with Crippen LogP contribution in [0.4, 0.5) is 0 Å². The third-order valence-electron chi connectivity index (χ3n) is 12.7. The molecule has 1 amide bonds. The molecule has 6 heteroatoms. The molecule has 0 heterocycles. The van der Waals surface area contributed by atoms with E-state index in [0.717, 1.165) is 57.8 Å². The molecule has 0 spiro atoms. The van der Waals surface area contributed by atoms with Crippen molar-refractivity contribution in [3.63, 3.8) is 0 Å². The van der Waals surface area contributed by atoms with Crippen LogP contribution in [0.25, 0.3) is 0 Å². The Morgan fingerprint density at radius 1 is 0.435 bits per heavy atom. The number of rotatable bonds is 51. The van der Waals surface area contributed by atoms with Crippen molar-refractivity contribution >= 4 is 11.9 Å². The number of esters is 1. The van der Waals surface area contributed by atoms with Crippen LogP contribution in [0.15, 0.2) is 24.3 Å². The number of hydrogen-bond acceptors (Lipinski definition) is 5. The minimum atomic E-state index is -0.855. The standard InChI is InChI=1S/C56H107NO5/c1-3-5-7-9-11-13-15-17-19-21-22-24-28-32-36-40-44-48-54(59)53(52-58)57-55(60)49-45-41-37-33-29-26-27-31-35-39-43-47-51-62-56(61)50-46-42-38-34-30-25-23-20-18-16-14-12-10-8-6-4-2/h20,23,44,48,53-54,58-59H,3-19,21-22,24-43,45-47,49-52H2,1-2H3,(H,57,60)/b23-20-,48-44+. The smallest absolute Gasteiger partial charge is 0.305 e. The topological polar surface area (TPSA) is 95.9 Å². The van der Waals surface area contributed by atoms with E-state index < -0.39 is 12.1 Å². The Labute approximate surface area is 386 Å². The summed E-state index contributed by atoms with van der Waals surface area (Å²) >= 11 is 0. The molecule has 0 aromatic carbocycles. The molecule has 0 aliphatic rings. The lowest BCUT2D eigenvalue weighted by atomic mass is 10.0. The van der Waals surface area contributed by atoms with Gasteiger partial charge in [0.15, 0.2) is 0 Å². The molecule has 2 atom stereocenters. The van der Waals surface area contributed by atoms with Gasteiger partial charge in [-0.15, -0.1) is 0 Å². The summed E-state index contributed by atoms with van der Waals surface area (Å²) in [6.45, 7) is 4.87. The minimum absolute atomic E-state index is 0.0180. The summed E-state index contributed by atoms with van der Waals surface area (Å²) in [5.74, 6) is -0.100. The first-order valence-corrected chi connectivity index (χ1v) is 27.6. The predicted molar refractivity (Wildman–Crippen MR) is 269 cm³/mol. The van der Waals surface area contributed by atoms with Crippen molar-refractivity contribution < 1.29 is 24.5 Å². The molecule has 0 rings (SSSR count). The summed E-state index contributed by atoms with van der Waals surface area (Å²) in [5.41, 5.74) is 0. The van der Waals surface area contributed by atoms with Crippen molar-refractivity contribution in [1.82, 2.24) is 5.32 Å². The highest BCUT2D eigenvalue weighted by atomic mass is 16.5. The highest BCUT2D eigenvalue weighted by molar-refractivity contribution is 5.76. The molecule has 6 nitrogen and oxygen atoms in total. The molecule has 0 aliphatic carbocycles. The molecule has 3 N–H and O–H groups in total. The summed E-state index contributed by atoms with van der Waals surface area (Å²) in [5, 5.41) is 23.1. The molecule has 0 aromatic heterocycles. The molecule has 0 aliphatic heterocycles. The Hall–Kier alpha value is -1.66. The van der Waals surface area contributed by atoms with Crippen molar-refractivity contribution in [3.8, 4) is 0 Å². The van der Waals surface area contributed by atoms with Crippen molar-refractivity contribution in [2.24, 2.45) is 0 Å². The first-order valence-electron chi connectivity index (χ1n) is 27.6. The van der Waals surface area contributed by atoms with E-state index in [4.69, 9.17) is 4.74 Å². The number of carbonyl (C=O) groups is 2. The van der Waals surface area contributed by atoms with Gasteiger partial charge in [-0.1, -0.05) is 250 Å². The van der Waals surface area contributed by atoms with Crippen LogP contribution in [0.5, 0.6) is 0 Å². The monoisotopic (exact) mass is 874 g/mol. The Bertz CT molecular complexity index is 966. The van der Waals surface area contributed by atoms with Gasteiger partial charge in [0.1, 0.15) is 0 Å². The quantitative estimate of drug-likeness (QED) is 0.0321. The zero-order chi connectivity index (χ0) is 45.1. The van der Waals surface area contributed by atoms with Gasteiger partial charge in [-0.25, -0.2) is 0 Å². The van der Waals surface area contributed by atoms with Crippen LogP contribution in [0.1, 0.15) is 296 Å². The first kappa shape index (κ1) is 60.3. The number of allylic oxidation sites excluding steroid dienone is 3. The fourth-order valence-corrected chi connectivity index (χ4v) is 8.45. The summed E-state index contributed by atoms with van der Waals surface area (Å²) in [7, 11) is 0. The first-order chi connectivity index (χ1) is 30.5. The predicted octanol–water partition coefficient (Wildman–Crippen LogP) is 16.7. The van der Waals surface area contributed by atoms with Crippen LogP contribution < -0.4 is 5.32 Å². The lowest BCUT2D eigenvalue weighted by Crippen LogP contribution is -2.45. The molecule has 62 heavy (non-hydrogen) atoms. The molecule has 0 radical (unpaired) electrons. The molecular weight excluding hydrogens is 767 g/mol. The molecule has 366 valence electrons. The summed E-state index contributed by atoms with van der Waals surface area (Å²) in [4.78, 5) is 24.5. The average Bonchev–Trinajstić information content (AvgIpc) is 3.27. The third kappa shape index (κ3) is 47.8. The molecule has 0 saturated heterocycles. The fraction of sp³-hybridized carbons (Fsp3) is 0.893. The number of aliphatic hydroxyl groups is 2. The number of ether oxygens (including phenoxy) is 1. The van der Waals surface area contributed by atoms with E-state index >= 15 is 0 Å². The summed E-state index contributed by atoms with van der Waals surface area (Å²) in [6, 6.07) is -0.640. The van der Waals surface area contributed by atoms with E-state index in [1.54, 1.807) is 6.08 Å². The average molecular weight is 874 g/mol. The van der Waals surface area contributed by atoms with Crippen LogP contribution in [0.3, 0.4) is 0 Å². The van der Waals surface area contributed by atoms with Crippen LogP contribution in [0.2, 0.25) is 0 Å². The summed E-state index contributed by atoms with van der Waals surface area (Å²) < 4.78 is 5.46. The normalized spacial score (nSPS) is 12.8.